The van der Waals surface area contributed by atoms with Crippen molar-refractivity contribution in [2.24, 2.45) is 0 Å². The van der Waals surface area contributed by atoms with Crippen LogP contribution in [0, 0.1) is 0 Å². The molecule has 0 aliphatic heterocycles. The lowest BCUT2D eigenvalue weighted by Crippen LogP contribution is -2.43. The van der Waals surface area contributed by atoms with Gasteiger partial charge in [0.25, 0.3) is 0 Å². The highest BCUT2D eigenvalue weighted by molar-refractivity contribution is 5.87. The van der Waals surface area contributed by atoms with Crippen molar-refractivity contribution in [1.29, 1.82) is 0 Å². The minimum atomic E-state index is -1.45. The third kappa shape index (κ3) is 3.56. The average molecular weight is 291 g/mol. The van der Waals surface area contributed by atoms with E-state index in [0.29, 0.717) is 5.52 Å². The van der Waals surface area contributed by atoms with Crippen molar-refractivity contribution in [2.45, 2.75) is 19.0 Å². The van der Waals surface area contributed by atoms with Gasteiger partial charge in [-0.25, -0.2) is 9.78 Å². The van der Waals surface area contributed by atoms with Crippen LogP contribution < -0.4 is 5.32 Å². The molecule has 1 atom stereocenters. The second kappa shape index (κ2) is 6.04. The van der Waals surface area contributed by atoms with Crippen molar-refractivity contribution < 1.29 is 24.6 Å². The molecule has 2 aromatic rings. The van der Waals surface area contributed by atoms with Gasteiger partial charge in [-0.15, -0.1) is 0 Å². The number of fused-ring (bicyclic) bond motifs is 1. The molecule has 21 heavy (non-hydrogen) atoms. The Labute approximate surface area is 119 Å². The van der Waals surface area contributed by atoms with Crippen LogP contribution in [0.5, 0.6) is 0 Å². The molecular formula is C13H13N3O5. The van der Waals surface area contributed by atoms with Gasteiger partial charge in [-0.1, -0.05) is 12.1 Å². The molecule has 8 heteroatoms. The molecule has 0 bridgehead atoms. The minimum Gasteiger partial charge on any atom is -0.481 e. The predicted molar refractivity (Wildman–Crippen MR) is 71.6 cm³/mol. The fourth-order valence-corrected chi connectivity index (χ4v) is 1.91. The summed E-state index contributed by atoms with van der Waals surface area (Å²) in [6.45, 7) is -0.135. The fraction of sp³-hybridized carbons (Fsp3) is 0.231. The van der Waals surface area contributed by atoms with Crippen molar-refractivity contribution in [1.82, 2.24) is 14.9 Å². The third-order valence-corrected chi connectivity index (χ3v) is 2.85. The molecule has 1 amide bonds. The van der Waals surface area contributed by atoms with Crippen LogP contribution in [0.2, 0.25) is 0 Å². The highest BCUT2D eigenvalue weighted by atomic mass is 16.4. The van der Waals surface area contributed by atoms with Gasteiger partial charge in [0.05, 0.1) is 23.8 Å². The number of imidazole rings is 1. The lowest BCUT2D eigenvalue weighted by molar-refractivity contribution is -0.147. The van der Waals surface area contributed by atoms with Crippen molar-refractivity contribution in [3.05, 3.63) is 30.6 Å². The van der Waals surface area contributed by atoms with Gasteiger partial charge in [-0.2, -0.15) is 0 Å². The van der Waals surface area contributed by atoms with Gasteiger partial charge >= 0.3 is 11.9 Å². The summed E-state index contributed by atoms with van der Waals surface area (Å²) >= 11 is 0. The predicted octanol–water partition coefficient (Wildman–Crippen LogP) is 0.0804. The van der Waals surface area contributed by atoms with E-state index in [0.717, 1.165) is 5.52 Å². The molecule has 1 heterocycles. The van der Waals surface area contributed by atoms with E-state index in [1.165, 1.54) is 6.33 Å². The van der Waals surface area contributed by atoms with Crippen LogP contribution in [0.1, 0.15) is 6.42 Å². The van der Waals surface area contributed by atoms with Gasteiger partial charge in [0.15, 0.2) is 0 Å². The molecule has 0 radical (unpaired) electrons. The maximum absolute atomic E-state index is 11.8. The number of carbonyl (C=O) groups is 3. The first kappa shape index (κ1) is 14.5. The Hall–Kier alpha value is -2.90. The Morgan fingerprint density at radius 2 is 1.95 bits per heavy atom. The minimum absolute atomic E-state index is 0.135. The zero-order valence-electron chi connectivity index (χ0n) is 10.9. The molecule has 0 fully saturated rings. The Kier molecular flexibility index (Phi) is 4.17. The number of para-hydroxylation sites is 2. The number of aromatic nitrogens is 2. The van der Waals surface area contributed by atoms with E-state index >= 15 is 0 Å². The normalized spacial score (nSPS) is 12.0. The van der Waals surface area contributed by atoms with E-state index in [9.17, 15) is 14.4 Å². The molecule has 0 saturated heterocycles. The Morgan fingerprint density at radius 1 is 1.24 bits per heavy atom. The molecule has 0 aliphatic carbocycles. The lowest BCUT2D eigenvalue weighted by atomic mass is 10.2. The average Bonchev–Trinajstić information content (AvgIpc) is 2.81. The van der Waals surface area contributed by atoms with Crippen LogP contribution in [0.25, 0.3) is 11.0 Å². The van der Waals surface area contributed by atoms with E-state index in [1.54, 1.807) is 22.8 Å². The van der Waals surface area contributed by atoms with E-state index in [-0.39, 0.29) is 6.54 Å². The molecule has 0 unspecified atom stereocenters. The molecule has 0 saturated carbocycles. The lowest BCUT2D eigenvalue weighted by Gasteiger charge is -2.12. The van der Waals surface area contributed by atoms with Crippen LogP contribution in [0.4, 0.5) is 0 Å². The number of nitrogens with zero attached hydrogens (tertiary/aromatic N) is 2. The van der Waals surface area contributed by atoms with E-state index in [1.807, 2.05) is 6.07 Å². The highest BCUT2D eigenvalue weighted by Gasteiger charge is 2.23. The Bertz CT molecular complexity index is 694. The maximum atomic E-state index is 11.8. The van der Waals surface area contributed by atoms with Gasteiger partial charge in [-0.3, -0.25) is 9.59 Å². The van der Waals surface area contributed by atoms with Gasteiger partial charge in [0, 0.05) is 0 Å². The molecule has 2 rings (SSSR count). The summed E-state index contributed by atoms with van der Waals surface area (Å²) in [5, 5.41) is 19.7. The topological polar surface area (TPSA) is 122 Å². The summed E-state index contributed by atoms with van der Waals surface area (Å²) in [6, 6.07) is 5.72. The Morgan fingerprint density at radius 3 is 2.62 bits per heavy atom. The van der Waals surface area contributed by atoms with E-state index in [2.05, 4.69) is 10.3 Å². The van der Waals surface area contributed by atoms with Crippen molar-refractivity contribution in [2.75, 3.05) is 0 Å². The van der Waals surface area contributed by atoms with Crippen molar-refractivity contribution >= 4 is 28.9 Å². The van der Waals surface area contributed by atoms with Gasteiger partial charge in [-0.05, 0) is 12.1 Å². The number of carboxylic acid groups (broad SMARTS) is 2. The zero-order valence-corrected chi connectivity index (χ0v) is 10.9. The number of rotatable bonds is 6. The van der Waals surface area contributed by atoms with Crippen LogP contribution in [0.3, 0.4) is 0 Å². The first-order valence-electron chi connectivity index (χ1n) is 6.11. The molecule has 3 N–H and O–H groups in total. The summed E-state index contributed by atoms with van der Waals surface area (Å²) in [6.07, 6.45) is 0.795. The second-order valence-electron chi connectivity index (χ2n) is 4.42. The van der Waals surface area contributed by atoms with Gasteiger partial charge in [0.2, 0.25) is 5.91 Å². The first-order chi connectivity index (χ1) is 9.97. The fourth-order valence-electron chi connectivity index (χ4n) is 1.91. The number of hydrogen-bond donors (Lipinski definition) is 3. The quantitative estimate of drug-likeness (QED) is 0.693. The molecule has 1 aromatic carbocycles. The van der Waals surface area contributed by atoms with Gasteiger partial charge in [0.1, 0.15) is 12.6 Å². The molecule has 8 nitrogen and oxygen atoms in total. The summed E-state index contributed by atoms with van der Waals surface area (Å²) < 4.78 is 1.56. The summed E-state index contributed by atoms with van der Waals surface area (Å²) in [7, 11) is 0. The highest BCUT2D eigenvalue weighted by Crippen LogP contribution is 2.11. The summed E-state index contributed by atoms with van der Waals surface area (Å²) in [4.78, 5) is 37.4. The number of carboxylic acids is 2. The molecule has 1 aromatic heterocycles. The van der Waals surface area contributed by atoms with Crippen LogP contribution in [-0.2, 0) is 20.9 Å². The van der Waals surface area contributed by atoms with E-state index in [4.69, 9.17) is 10.2 Å². The molecular weight excluding hydrogens is 278 g/mol. The largest absolute Gasteiger partial charge is 0.481 e. The SMILES string of the molecule is O=C(O)C[C@H](NC(=O)Cn1cnc2ccccc21)C(=O)O. The first-order valence-corrected chi connectivity index (χ1v) is 6.11. The summed E-state index contributed by atoms with van der Waals surface area (Å²) in [5.41, 5.74) is 1.45. The smallest absolute Gasteiger partial charge is 0.326 e. The number of amides is 1. The third-order valence-electron chi connectivity index (χ3n) is 2.85. The molecule has 0 aliphatic rings. The molecule has 0 spiro atoms. The van der Waals surface area contributed by atoms with Gasteiger partial charge < -0.3 is 20.1 Å². The summed E-state index contributed by atoms with van der Waals surface area (Å²) in [5.74, 6) is -3.27. The number of benzene rings is 1. The number of hydrogen-bond acceptors (Lipinski definition) is 4. The monoisotopic (exact) mass is 291 g/mol. The number of aliphatic carboxylic acids is 2. The van der Waals surface area contributed by atoms with Crippen LogP contribution in [-0.4, -0.2) is 43.7 Å². The second-order valence-corrected chi connectivity index (χ2v) is 4.42. The maximum Gasteiger partial charge on any atom is 0.326 e. The Balaban J connectivity index is 2.07. The van der Waals surface area contributed by atoms with Crippen LogP contribution in [0.15, 0.2) is 30.6 Å². The van der Waals surface area contributed by atoms with Crippen molar-refractivity contribution in [3.63, 3.8) is 0 Å². The zero-order chi connectivity index (χ0) is 15.4. The number of nitrogens with one attached hydrogen (secondary N) is 1. The van der Waals surface area contributed by atoms with Crippen LogP contribution >= 0.6 is 0 Å². The molecule has 110 valence electrons. The standard InChI is InChI=1S/C13H13N3O5/c17-11(15-9(13(20)21)5-12(18)19)6-16-7-14-8-3-1-2-4-10(8)16/h1-4,7,9H,5-6H2,(H,15,17)(H,18,19)(H,20,21)/t9-/m0/s1. The van der Waals surface area contributed by atoms with Crippen molar-refractivity contribution in [3.8, 4) is 0 Å². The van der Waals surface area contributed by atoms with E-state index < -0.39 is 30.3 Å². The number of carbonyl (C=O) groups excluding carboxylic acids is 1.